The molecule has 0 saturated carbocycles. The minimum absolute atomic E-state index is 0.252. The van der Waals surface area contributed by atoms with Crippen LogP contribution in [0.5, 0.6) is 17.2 Å². The quantitative estimate of drug-likeness (QED) is 0.554. The number of esters is 1. The Bertz CT molecular complexity index is 776. The second-order valence-corrected chi connectivity index (χ2v) is 6.48. The molecular weight excluding hydrogens is 386 g/mol. The molecule has 0 fully saturated rings. The normalized spacial score (nSPS) is 16.4. The highest BCUT2D eigenvalue weighted by molar-refractivity contribution is 9.06. The van der Waals surface area contributed by atoms with E-state index in [0.29, 0.717) is 11.5 Å². The van der Waals surface area contributed by atoms with Gasteiger partial charge in [0.1, 0.15) is 5.75 Å². The minimum atomic E-state index is -0.312. The van der Waals surface area contributed by atoms with Crippen molar-refractivity contribution in [2.45, 2.75) is 25.9 Å². The predicted octanol–water partition coefficient (Wildman–Crippen LogP) is 4.04. The van der Waals surface area contributed by atoms with Gasteiger partial charge in [0, 0.05) is 19.5 Å². The first-order valence-corrected chi connectivity index (χ1v) is 8.63. The zero-order chi connectivity index (χ0) is 18.0. The van der Waals surface area contributed by atoms with Crippen molar-refractivity contribution >= 4 is 22.2 Å². The Balaban J connectivity index is 1.83. The lowest BCUT2D eigenvalue weighted by Gasteiger charge is -2.21. The number of ether oxygens (including phenoxy) is 2. The lowest BCUT2D eigenvalue weighted by atomic mass is 9.97. The van der Waals surface area contributed by atoms with Gasteiger partial charge < -0.3 is 13.3 Å². The lowest BCUT2D eigenvalue weighted by Crippen LogP contribution is -2.18. The molecule has 0 radical (unpaired) electrons. The summed E-state index contributed by atoms with van der Waals surface area (Å²) in [4.78, 5) is 13.3. The molecule has 6 heteroatoms. The SMILES string of the molecule is COc1cc2c(cc1OBr)[C@H](Cc1ccc(OC(C)=O)cc1)N(C)C2. The highest BCUT2D eigenvalue weighted by atomic mass is 79.9. The third kappa shape index (κ3) is 3.80. The molecule has 1 atom stereocenters. The van der Waals surface area contributed by atoms with E-state index in [4.69, 9.17) is 13.3 Å². The first-order chi connectivity index (χ1) is 12.0. The Kier molecular flexibility index (Phi) is 5.30. The van der Waals surface area contributed by atoms with Crippen molar-refractivity contribution < 1.29 is 18.1 Å². The van der Waals surface area contributed by atoms with E-state index in [1.807, 2.05) is 36.4 Å². The monoisotopic (exact) mass is 405 g/mol. The standard InChI is InChI=1S/C19H20BrNO4/c1-12(22)24-15-6-4-13(5-7-15)8-17-16-10-19(25-20)18(23-3)9-14(16)11-21(17)2/h4-7,9-10,17H,8,11H2,1-3H3/t17-/m0/s1. The molecule has 1 aliphatic heterocycles. The molecule has 1 heterocycles. The maximum absolute atomic E-state index is 11.0. The fourth-order valence-electron chi connectivity index (χ4n) is 3.25. The van der Waals surface area contributed by atoms with E-state index >= 15 is 0 Å². The first kappa shape index (κ1) is 17.8. The summed E-state index contributed by atoms with van der Waals surface area (Å²) in [5.74, 6) is 1.65. The van der Waals surface area contributed by atoms with E-state index < -0.39 is 0 Å². The van der Waals surface area contributed by atoms with Gasteiger partial charge >= 0.3 is 5.97 Å². The van der Waals surface area contributed by atoms with Crippen molar-refractivity contribution in [1.82, 2.24) is 4.90 Å². The molecule has 3 rings (SSSR count). The number of benzene rings is 2. The van der Waals surface area contributed by atoms with Crippen LogP contribution in [0.2, 0.25) is 0 Å². The van der Waals surface area contributed by atoms with Gasteiger partial charge in [0.15, 0.2) is 27.8 Å². The van der Waals surface area contributed by atoms with Crippen LogP contribution in [0.4, 0.5) is 0 Å². The zero-order valence-corrected chi connectivity index (χ0v) is 16.0. The molecular formula is C19H20BrNO4. The molecule has 0 aliphatic carbocycles. The summed E-state index contributed by atoms with van der Waals surface area (Å²) >= 11 is 3.05. The molecule has 132 valence electrons. The maximum Gasteiger partial charge on any atom is 0.308 e. The second-order valence-electron chi connectivity index (χ2n) is 6.15. The van der Waals surface area contributed by atoms with Crippen molar-refractivity contribution in [3.05, 3.63) is 53.1 Å². The number of carbonyl (C=O) groups excluding carboxylic acids is 1. The number of nitrogens with zero attached hydrogens (tertiary/aromatic N) is 1. The highest BCUT2D eigenvalue weighted by Gasteiger charge is 2.29. The molecule has 0 bridgehead atoms. The van der Waals surface area contributed by atoms with Gasteiger partial charge in [-0.1, -0.05) is 12.1 Å². The van der Waals surface area contributed by atoms with Crippen molar-refractivity contribution in [2.24, 2.45) is 0 Å². The average Bonchev–Trinajstić information content (AvgIpc) is 2.89. The molecule has 0 amide bonds. The van der Waals surface area contributed by atoms with E-state index in [1.165, 1.54) is 23.6 Å². The van der Waals surface area contributed by atoms with Gasteiger partial charge in [0.2, 0.25) is 0 Å². The van der Waals surface area contributed by atoms with Crippen LogP contribution in [-0.4, -0.2) is 25.0 Å². The average molecular weight is 406 g/mol. The van der Waals surface area contributed by atoms with Crippen LogP contribution in [0.15, 0.2) is 36.4 Å². The van der Waals surface area contributed by atoms with Crippen molar-refractivity contribution in [2.75, 3.05) is 14.2 Å². The van der Waals surface area contributed by atoms with Gasteiger partial charge in [-0.05, 0) is 54.4 Å². The number of hydrogen-bond acceptors (Lipinski definition) is 5. The highest BCUT2D eigenvalue weighted by Crippen LogP contribution is 2.41. The number of halogens is 1. The molecule has 2 aromatic rings. The summed E-state index contributed by atoms with van der Waals surface area (Å²) in [7, 11) is 3.75. The molecule has 0 spiro atoms. The topological polar surface area (TPSA) is 48.0 Å². The van der Waals surface area contributed by atoms with Crippen LogP contribution in [-0.2, 0) is 17.8 Å². The van der Waals surface area contributed by atoms with Crippen LogP contribution in [0.3, 0.4) is 0 Å². The van der Waals surface area contributed by atoms with Gasteiger partial charge in [0.05, 0.1) is 7.11 Å². The lowest BCUT2D eigenvalue weighted by molar-refractivity contribution is -0.131. The Morgan fingerprint density at radius 1 is 1.24 bits per heavy atom. The summed E-state index contributed by atoms with van der Waals surface area (Å²) in [5.41, 5.74) is 3.66. The fourth-order valence-corrected chi connectivity index (χ4v) is 3.50. The van der Waals surface area contributed by atoms with E-state index in [0.717, 1.165) is 18.7 Å². The molecule has 5 nitrogen and oxygen atoms in total. The van der Waals surface area contributed by atoms with Gasteiger partial charge in [-0.15, -0.1) is 0 Å². The summed E-state index contributed by atoms with van der Waals surface area (Å²) in [6.07, 6.45) is 0.859. The summed E-state index contributed by atoms with van der Waals surface area (Å²) in [6, 6.07) is 12.0. The molecule has 0 unspecified atom stereocenters. The van der Waals surface area contributed by atoms with Crippen molar-refractivity contribution in [1.29, 1.82) is 0 Å². The number of fused-ring (bicyclic) bond motifs is 1. The first-order valence-electron chi connectivity index (χ1n) is 7.98. The van der Waals surface area contributed by atoms with Crippen LogP contribution >= 0.6 is 16.3 Å². The fraction of sp³-hybridized carbons (Fsp3) is 0.316. The van der Waals surface area contributed by atoms with Gasteiger partial charge in [-0.25, -0.2) is 0 Å². The Morgan fingerprint density at radius 2 is 1.96 bits per heavy atom. The van der Waals surface area contributed by atoms with Crippen LogP contribution in [0.25, 0.3) is 0 Å². The largest absolute Gasteiger partial charge is 0.493 e. The molecule has 1 aliphatic rings. The minimum Gasteiger partial charge on any atom is -0.493 e. The summed E-state index contributed by atoms with van der Waals surface area (Å²) in [5, 5.41) is 0. The predicted molar refractivity (Wildman–Crippen MR) is 98.2 cm³/mol. The molecule has 0 saturated heterocycles. The van der Waals surface area contributed by atoms with Crippen molar-refractivity contribution in [3.8, 4) is 17.2 Å². The number of likely N-dealkylation sites (N-methyl/N-ethyl adjacent to an activating group) is 1. The Morgan fingerprint density at radius 3 is 2.56 bits per heavy atom. The van der Waals surface area contributed by atoms with E-state index in [-0.39, 0.29) is 12.0 Å². The van der Waals surface area contributed by atoms with Gasteiger partial charge in [-0.3, -0.25) is 9.69 Å². The van der Waals surface area contributed by atoms with Gasteiger partial charge in [0.25, 0.3) is 0 Å². The third-order valence-electron chi connectivity index (χ3n) is 4.43. The summed E-state index contributed by atoms with van der Waals surface area (Å²) in [6.45, 7) is 2.26. The summed E-state index contributed by atoms with van der Waals surface area (Å²) < 4.78 is 15.7. The maximum atomic E-state index is 11.0. The number of hydrogen-bond donors (Lipinski definition) is 0. The van der Waals surface area contributed by atoms with Gasteiger partial charge in [-0.2, -0.15) is 0 Å². The van der Waals surface area contributed by atoms with E-state index in [1.54, 1.807) is 7.11 Å². The smallest absolute Gasteiger partial charge is 0.308 e. The van der Waals surface area contributed by atoms with Crippen LogP contribution < -0.4 is 13.3 Å². The molecule has 2 aromatic carbocycles. The second kappa shape index (κ2) is 7.45. The van der Waals surface area contributed by atoms with Crippen LogP contribution in [0.1, 0.15) is 29.7 Å². The van der Waals surface area contributed by atoms with E-state index in [9.17, 15) is 4.79 Å². The Labute approximate surface area is 155 Å². The van der Waals surface area contributed by atoms with Crippen molar-refractivity contribution in [3.63, 3.8) is 0 Å². The van der Waals surface area contributed by atoms with E-state index in [2.05, 4.69) is 28.2 Å². The third-order valence-corrected chi connectivity index (χ3v) is 4.78. The molecule has 0 aromatic heterocycles. The van der Waals surface area contributed by atoms with Crippen LogP contribution in [0, 0.1) is 0 Å². The molecule has 0 N–H and O–H groups in total. The number of rotatable bonds is 5. The number of methoxy groups -OCH3 is 1. The zero-order valence-electron chi connectivity index (χ0n) is 14.4. The number of carbonyl (C=O) groups is 1. The molecule has 25 heavy (non-hydrogen) atoms. The Hall–Kier alpha value is -2.05.